The normalized spacial score (nSPS) is 13.7. The van der Waals surface area contributed by atoms with Crippen LogP contribution in [0, 0.1) is 6.92 Å². The molecule has 1 aliphatic heterocycles. The molecule has 6 nitrogen and oxygen atoms in total. The fourth-order valence-corrected chi connectivity index (χ4v) is 5.08. The van der Waals surface area contributed by atoms with Crippen molar-refractivity contribution in [3.8, 4) is 17.2 Å². The minimum atomic E-state index is -3.85. The molecule has 156 valence electrons. The smallest absolute Gasteiger partial charge is 0.264 e. The molecule has 1 heterocycles. The molecule has 0 N–H and O–H groups in total. The highest BCUT2D eigenvalue weighted by atomic mass is 32.2. The summed E-state index contributed by atoms with van der Waals surface area (Å²) in [6.07, 6.45) is 0. The number of anilines is 1. The highest BCUT2D eigenvalue weighted by molar-refractivity contribution is 7.92. The second-order valence-electron chi connectivity index (χ2n) is 7.10. The average Bonchev–Trinajstić information content (AvgIpc) is 3.23. The molecule has 0 radical (unpaired) electrons. The van der Waals surface area contributed by atoms with Crippen molar-refractivity contribution in [3.05, 3.63) is 77.9 Å². The van der Waals surface area contributed by atoms with Gasteiger partial charge in [-0.05, 0) is 67.9 Å². The highest BCUT2D eigenvalue weighted by Crippen LogP contribution is 2.38. The monoisotopic (exact) mass is 425 g/mol. The maximum atomic E-state index is 13.7. The van der Waals surface area contributed by atoms with E-state index in [1.165, 1.54) is 4.31 Å². The lowest BCUT2D eigenvalue weighted by Gasteiger charge is -2.31. The Morgan fingerprint density at radius 3 is 2.27 bits per heavy atom. The molecule has 0 aliphatic carbocycles. The van der Waals surface area contributed by atoms with Gasteiger partial charge in [-0.3, -0.25) is 4.31 Å². The number of nitrogens with zero attached hydrogens (tertiary/aromatic N) is 1. The van der Waals surface area contributed by atoms with E-state index in [1.54, 1.807) is 31.4 Å². The first-order valence-electron chi connectivity index (χ1n) is 9.55. The van der Waals surface area contributed by atoms with E-state index in [-0.39, 0.29) is 11.7 Å². The van der Waals surface area contributed by atoms with Gasteiger partial charge in [0.2, 0.25) is 6.79 Å². The Morgan fingerprint density at radius 1 is 0.933 bits per heavy atom. The highest BCUT2D eigenvalue weighted by Gasteiger charge is 2.31. The molecule has 7 heteroatoms. The Kier molecular flexibility index (Phi) is 5.30. The Balaban J connectivity index is 1.80. The molecule has 0 saturated heterocycles. The summed E-state index contributed by atoms with van der Waals surface area (Å²) < 4.78 is 44.9. The molecule has 0 spiro atoms. The van der Waals surface area contributed by atoms with Crippen LogP contribution in [0.25, 0.3) is 0 Å². The van der Waals surface area contributed by atoms with Gasteiger partial charge < -0.3 is 14.2 Å². The maximum Gasteiger partial charge on any atom is 0.264 e. The summed E-state index contributed by atoms with van der Waals surface area (Å²) in [7, 11) is -2.30. The van der Waals surface area contributed by atoms with Gasteiger partial charge in [-0.2, -0.15) is 0 Å². The van der Waals surface area contributed by atoms with Gasteiger partial charge in [0.1, 0.15) is 5.75 Å². The molecular formula is C23H23NO5S. The largest absolute Gasteiger partial charge is 0.497 e. The van der Waals surface area contributed by atoms with E-state index in [0.29, 0.717) is 22.9 Å². The van der Waals surface area contributed by atoms with Gasteiger partial charge in [0.25, 0.3) is 10.0 Å². The molecule has 0 bridgehead atoms. The number of ether oxygens (including phenoxy) is 3. The van der Waals surface area contributed by atoms with Crippen molar-refractivity contribution >= 4 is 15.7 Å². The summed E-state index contributed by atoms with van der Waals surface area (Å²) in [6.45, 7) is 3.99. The van der Waals surface area contributed by atoms with Crippen molar-refractivity contribution in [2.24, 2.45) is 0 Å². The SMILES string of the molecule is COc1ccc(S(=O)(=O)N(c2ccc(C)cc2)[C@H](C)c2ccc3c(c2)OCO3)cc1. The first kappa shape index (κ1) is 20.1. The molecule has 4 rings (SSSR count). The van der Waals surface area contributed by atoms with E-state index < -0.39 is 16.1 Å². The van der Waals surface area contributed by atoms with Crippen molar-refractivity contribution in [3.63, 3.8) is 0 Å². The zero-order valence-corrected chi connectivity index (χ0v) is 17.8. The van der Waals surface area contributed by atoms with Gasteiger partial charge >= 0.3 is 0 Å². The van der Waals surface area contributed by atoms with Crippen LogP contribution in [0.2, 0.25) is 0 Å². The topological polar surface area (TPSA) is 65.1 Å². The number of sulfonamides is 1. The van der Waals surface area contributed by atoms with E-state index in [2.05, 4.69) is 0 Å². The molecule has 1 atom stereocenters. The van der Waals surface area contributed by atoms with Crippen LogP contribution in [0.15, 0.2) is 71.6 Å². The molecule has 0 fully saturated rings. The zero-order valence-electron chi connectivity index (χ0n) is 17.0. The first-order valence-corrected chi connectivity index (χ1v) is 11.0. The molecule has 1 aliphatic rings. The second-order valence-corrected chi connectivity index (χ2v) is 8.92. The molecule has 0 saturated carbocycles. The van der Waals surface area contributed by atoms with Gasteiger partial charge in [-0.25, -0.2) is 8.42 Å². The molecule has 30 heavy (non-hydrogen) atoms. The quantitative estimate of drug-likeness (QED) is 0.573. The number of fused-ring (bicyclic) bond motifs is 1. The van der Waals surface area contributed by atoms with Gasteiger partial charge in [-0.1, -0.05) is 23.8 Å². The minimum absolute atomic E-state index is 0.166. The van der Waals surface area contributed by atoms with Gasteiger partial charge in [0, 0.05) is 0 Å². The van der Waals surface area contributed by atoms with E-state index in [4.69, 9.17) is 14.2 Å². The van der Waals surface area contributed by atoms with Gasteiger partial charge in [0.15, 0.2) is 11.5 Å². The number of rotatable bonds is 6. The van der Waals surface area contributed by atoms with Crippen LogP contribution in [0.3, 0.4) is 0 Å². The lowest BCUT2D eigenvalue weighted by Crippen LogP contribution is -2.33. The number of hydrogen-bond donors (Lipinski definition) is 0. The predicted molar refractivity (Wildman–Crippen MR) is 115 cm³/mol. The third-order valence-corrected chi connectivity index (χ3v) is 7.05. The van der Waals surface area contributed by atoms with Crippen LogP contribution in [0.1, 0.15) is 24.1 Å². The Hall–Kier alpha value is -3.19. The summed E-state index contributed by atoms with van der Waals surface area (Å²) in [6, 6.07) is 18.9. The standard InChI is InChI=1S/C23H23NO5S/c1-16-4-7-19(8-5-16)24(30(25,26)21-11-9-20(27-3)10-12-21)17(2)18-6-13-22-23(14-18)29-15-28-22/h4-14,17H,15H2,1-3H3/t17-/m1/s1. The van der Waals surface area contributed by atoms with Crippen LogP contribution in [0.4, 0.5) is 5.69 Å². The Morgan fingerprint density at radius 2 is 1.60 bits per heavy atom. The Bertz CT molecular complexity index is 1140. The fourth-order valence-electron chi connectivity index (χ4n) is 3.43. The van der Waals surface area contributed by atoms with Gasteiger partial charge in [-0.15, -0.1) is 0 Å². The molecule has 3 aromatic carbocycles. The van der Waals surface area contributed by atoms with Crippen molar-refractivity contribution in [2.75, 3.05) is 18.2 Å². The lowest BCUT2D eigenvalue weighted by molar-refractivity contribution is 0.174. The van der Waals surface area contributed by atoms with Crippen molar-refractivity contribution in [1.82, 2.24) is 0 Å². The second kappa shape index (κ2) is 7.91. The molecule has 3 aromatic rings. The summed E-state index contributed by atoms with van der Waals surface area (Å²) in [4.78, 5) is 0.191. The maximum absolute atomic E-state index is 13.7. The van der Waals surface area contributed by atoms with E-state index in [1.807, 2.05) is 56.3 Å². The first-order chi connectivity index (χ1) is 14.4. The summed E-state index contributed by atoms with van der Waals surface area (Å²) in [5.41, 5.74) is 2.44. The van der Waals surface area contributed by atoms with Crippen LogP contribution in [-0.2, 0) is 10.0 Å². The van der Waals surface area contributed by atoms with Crippen LogP contribution in [-0.4, -0.2) is 22.3 Å². The number of aryl methyl sites for hydroxylation is 1. The number of hydrogen-bond acceptors (Lipinski definition) is 5. The third kappa shape index (κ3) is 3.68. The molecular weight excluding hydrogens is 402 g/mol. The van der Waals surface area contributed by atoms with Crippen molar-refractivity contribution in [2.45, 2.75) is 24.8 Å². The third-order valence-electron chi connectivity index (χ3n) is 5.14. The van der Waals surface area contributed by atoms with Gasteiger partial charge in [0.05, 0.1) is 23.7 Å². The molecule has 0 aromatic heterocycles. The minimum Gasteiger partial charge on any atom is -0.497 e. The summed E-state index contributed by atoms with van der Waals surface area (Å²) in [5, 5.41) is 0. The van der Waals surface area contributed by atoms with Crippen LogP contribution in [0.5, 0.6) is 17.2 Å². The Labute approximate surface area is 176 Å². The van der Waals surface area contributed by atoms with E-state index in [0.717, 1.165) is 11.1 Å². The lowest BCUT2D eigenvalue weighted by atomic mass is 10.1. The van der Waals surface area contributed by atoms with Crippen molar-refractivity contribution < 1.29 is 22.6 Å². The number of methoxy groups -OCH3 is 1. The van der Waals surface area contributed by atoms with Crippen LogP contribution < -0.4 is 18.5 Å². The summed E-state index contributed by atoms with van der Waals surface area (Å²) in [5.74, 6) is 1.87. The van der Waals surface area contributed by atoms with Crippen LogP contribution >= 0.6 is 0 Å². The zero-order chi connectivity index (χ0) is 21.3. The predicted octanol–water partition coefficient (Wildman–Crippen LogP) is 4.69. The molecule has 0 amide bonds. The number of benzene rings is 3. The average molecular weight is 426 g/mol. The molecule has 0 unspecified atom stereocenters. The van der Waals surface area contributed by atoms with E-state index in [9.17, 15) is 8.42 Å². The van der Waals surface area contributed by atoms with Crippen molar-refractivity contribution in [1.29, 1.82) is 0 Å². The van der Waals surface area contributed by atoms with E-state index >= 15 is 0 Å². The summed E-state index contributed by atoms with van der Waals surface area (Å²) >= 11 is 0. The fraction of sp³-hybridized carbons (Fsp3) is 0.217.